The molecule has 0 amide bonds. The monoisotopic (exact) mass is 297 g/mol. The molecule has 2 aromatic carbocycles. The highest BCUT2D eigenvalue weighted by Gasteiger charge is 2.14. The van der Waals surface area contributed by atoms with E-state index in [1.807, 2.05) is 30.3 Å². The number of aryl methyl sites for hydroxylation is 1. The van der Waals surface area contributed by atoms with E-state index in [-0.39, 0.29) is 0 Å². The standard InChI is InChI=1S/C17H15NO4/c1-18-14-9-12(22-10-11-5-3-2-4-6-11)7-8-13(14)15(19)16(20)17(18)21/h2-9,19-20H,10H2,1H3. The molecule has 0 bridgehead atoms. The zero-order valence-corrected chi connectivity index (χ0v) is 12.0. The molecule has 22 heavy (non-hydrogen) atoms. The maximum atomic E-state index is 11.8. The second-order valence-corrected chi connectivity index (χ2v) is 5.01. The zero-order valence-electron chi connectivity index (χ0n) is 12.0. The third-order valence-corrected chi connectivity index (χ3v) is 3.57. The second kappa shape index (κ2) is 5.44. The highest BCUT2D eigenvalue weighted by molar-refractivity contribution is 5.88. The second-order valence-electron chi connectivity index (χ2n) is 5.01. The van der Waals surface area contributed by atoms with Crippen LogP contribution in [-0.2, 0) is 13.7 Å². The van der Waals surface area contributed by atoms with Crippen molar-refractivity contribution in [1.29, 1.82) is 0 Å². The van der Waals surface area contributed by atoms with E-state index in [1.165, 1.54) is 11.6 Å². The minimum atomic E-state index is -0.648. The molecular formula is C17H15NO4. The fraction of sp³-hybridized carbons (Fsp3) is 0.118. The van der Waals surface area contributed by atoms with Crippen LogP contribution in [-0.4, -0.2) is 14.8 Å². The number of pyridine rings is 1. The van der Waals surface area contributed by atoms with Crippen molar-refractivity contribution in [3.8, 4) is 17.2 Å². The fourth-order valence-electron chi connectivity index (χ4n) is 2.32. The summed E-state index contributed by atoms with van der Waals surface area (Å²) in [6.07, 6.45) is 0. The molecule has 0 aliphatic heterocycles. The van der Waals surface area contributed by atoms with Crippen LogP contribution < -0.4 is 10.3 Å². The van der Waals surface area contributed by atoms with Gasteiger partial charge in [0.25, 0.3) is 5.56 Å². The number of hydrogen-bond acceptors (Lipinski definition) is 4. The van der Waals surface area contributed by atoms with Crippen molar-refractivity contribution in [2.24, 2.45) is 7.05 Å². The molecule has 1 heterocycles. The van der Waals surface area contributed by atoms with Crippen molar-refractivity contribution in [3.63, 3.8) is 0 Å². The van der Waals surface area contributed by atoms with Gasteiger partial charge in [0.15, 0.2) is 5.75 Å². The Morgan fingerprint density at radius 3 is 2.50 bits per heavy atom. The zero-order chi connectivity index (χ0) is 15.7. The molecule has 0 aliphatic carbocycles. The Hall–Kier alpha value is -2.95. The third kappa shape index (κ3) is 2.37. The van der Waals surface area contributed by atoms with E-state index in [4.69, 9.17) is 4.74 Å². The Kier molecular flexibility index (Phi) is 3.47. The molecule has 0 unspecified atom stereocenters. The quantitative estimate of drug-likeness (QED) is 0.779. The minimum absolute atomic E-state index is 0.395. The lowest BCUT2D eigenvalue weighted by Crippen LogP contribution is -2.16. The molecule has 0 saturated carbocycles. The maximum absolute atomic E-state index is 11.8. The van der Waals surface area contributed by atoms with Crippen molar-refractivity contribution in [2.75, 3.05) is 0 Å². The van der Waals surface area contributed by atoms with E-state index >= 15 is 0 Å². The molecule has 5 nitrogen and oxygen atoms in total. The smallest absolute Gasteiger partial charge is 0.296 e. The number of benzene rings is 2. The number of rotatable bonds is 3. The molecule has 0 radical (unpaired) electrons. The van der Waals surface area contributed by atoms with Gasteiger partial charge in [0.1, 0.15) is 12.4 Å². The van der Waals surface area contributed by atoms with Gasteiger partial charge in [0, 0.05) is 18.5 Å². The average molecular weight is 297 g/mol. The van der Waals surface area contributed by atoms with Crippen LogP contribution in [0.3, 0.4) is 0 Å². The van der Waals surface area contributed by atoms with Crippen molar-refractivity contribution in [1.82, 2.24) is 4.57 Å². The van der Waals surface area contributed by atoms with Gasteiger partial charge in [-0.05, 0) is 17.7 Å². The van der Waals surface area contributed by atoms with Gasteiger partial charge in [0.2, 0.25) is 5.75 Å². The van der Waals surface area contributed by atoms with Gasteiger partial charge in [-0.25, -0.2) is 0 Å². The van der Waals surface area contributed by atoms with E-state index in [0.717, 1.165) is 5.56 Å². The lowest BCUT2D eigenvalue weighted by molar-refractivity contribution is 0.306. The minimum Gasteiger partial charge on any atom is -0.504 e. The summed E-state index contributed by atoms with van der Waals surface area (Å²) in [5.74, 6) is -0.475. The van der Waals surface area contributed by atoms with Gasteiger partial charge in [0.05, 0.1) is 5.52 Å². The van der Waals surface area contributed by atoms with Crippen molar-refractivity contribution >= 4 is 10.9 Å². The molecule has 5 heteroatoms. The molecule has 1 aromatic heterocycles. The van der Waals surface area contributed by atoms with Crippen molar-refractivity contribution in [2.45, 2.75) is 6.61 Å². The van der Waals surface area contributed by atoms with Gasteiger partial charge in [-0.1, -0.05) is 30.3 Å². The average Bonchev–Trinajstić information content (AvgIpc) is 2.57. The summed E-state index contributed by atoms with van der Waals surface area (Å²) in [7, 11) is 1.53. The first kappa shape index (κ1) is 14.0. The predicted octanol–water partition coefficient (Wildman–Crippen LogP) is 2.53. The van der Waals surface area contributed by atoms with E-state index in [2.05, 4.69) is 0 Å². The van der Waals surface area contributed by atoms with E-state index < -0.39 is 17.1 Å². The van der Waals surface area contributed by atoms with E-state index in [9.17, 15) is 15.0 Å². The molecule has 0 fully saturated rings. The summed E-state index contributed by atoms with van der Waals surface area (Å²) in [4.78, 5) is 11.8. The highest BCUT2D eigenvalue weighted by atomic mass is 16.5. The number of hydrogen-bond donors (Lipinski definition) is 2. The molecule has 112 valence electrons. The first-order valence-electron chi connectivity index (χ1n) is 6.79. The lowest BCUT2D eigenvalue weighted by atomic mass is 10.1. The molecule has 2 N–H and O–H groups in total. The Morgan fingerprint density at radius 1 is 1.05 bits per heavy atom. The summed E-state index contributed by atoms with van der Waals surface area (Å²) in [6.45, 7) is 0.407. The predicted molar refractivity (Wildman–Crippen MR) is 83.3 cm³/mol. The van der Waals surface area contributed by atoms with Crippen molar-refractivity contribution in [3.05, 3.63) is 64.4 Å². The van der Waals surface area contributed by atoms with Crippen LogP contribution in [0.25, 0.3) is 10.9 Å². The van der Waals surface area contributed by atoms with E-state index in [1.54, 1.807) is 18.2 Å². The lowest BCUT2D eigenvalue weighted by Gasteiger charge is -2.11. The Labute approximate surface area is 126 Å². The van der Waals surface area contributed by atoms with Crippen LogP contribution >= 0.6 is 0 Å². The molecule has 0 spiro atoms. The van der Waals surface area contributed by atoms with Crippen LogP contribution in [0.4, 0.5) is 0 Å². The molecule has 0 atom stereocenters. The number of aromatic hydroxyl groups is 2. The molecule has 3 rings (SSSR count). The fourth-order valence-corrected chi connectivity index (χ4v) is 2.32. The van der Waals surface area contributed by atoms with Crippen LogP contribution in [0.1, 0.15) is 5.56 Å². The summed E-state index contributed by atoms with van der Waals surface area (Å²) < 4.78 is 6.98. The van der Waals surface area contributed by atoms with Gasteiger partial charge < -0.3 is 19.5 Å². The summed E-state index contributed by atoms with van der Waals surface area (Å²) in [5.41, 5.74) is 0.876. The number of aromatic nitrogens is 1. The van der Waals surface area contributed by atoms with Crippen LogP contribution in [0.2, 0.25) is 0 Å². The number of fused-ring (bicyclic) bond motifs is 1. The largest absolute Gasteiger partial charge is 0.504 e. The van der Waals surface area contributed by atoms with Gasteiger partial charge >= 0.3 is 0 Å². The maximum Gasteiger partial charge on any atom is 0.296 e. The van der Waals surface area contributed by atoms with Gasteiger partial charge in [-0.3, -0.25) is 4.79 Å². The first-order valence-corrected chi connectivity index (χ1v) is 6.79. The Balaban J connectivity index is 1.98. The van der Waals surface area contributed by atoms with Crippen LogP contribution in [0, 0.1) is 0 Å². The SMILES string of the molecule is Cn1c(=O)c(O)c(O)c2ccc(OCc3ccccc3)cc21. The highest BCUT2D eigenvalue weighted by Crippen LogP contribution is 2.32. The molecule has 0 aliphatic rings. The normalized spacial score (nSPS) is 10.8. The van der Waals surface area contributed by atoms with Gasteiger partial charge in [-0.2, -0.15) is 0 Å². The topological polar surface area (TPSA) is 71.7 Å². The summed E-state index contributed by atoms with van der Waals surface area (Å²) in [5, 5.41) is 19.8. The van der Waals surface area contributed by atoms with Crippen molar-refractivity contribution < 1.29 is 14.9 Å². The molecular weight excluding hydrogens is 282 g/mol. The summed E-state index contributed by atoms with van der Waals surface area (Å²) >= 11 is 0. The number of nitrogens with zero attached hydrogens (tertiary/aromatic N) is 1. The Bertz CT molecular complexity index is 885. The Morgan fingerprint density at radius 2 is 1.77 bits per heavy atom. The van der Waals surface area contributed by atoms with Crippen LogP contribution in [0.15, 0.2) is 53.3 Å². The van der Waals surface area contributed by atoms with Gasteiger partial charge in [-0.15, -0.1) is 0 Å². The summed E-state index contributed by atoms with van der Waals surface area (Å²) in [6, 6.07) is 14.7. The molecule has 0 saturated heterocycles. The third-order valence-electron chi connectivity index (χ3n) is 3.57. The van der Waals surface area contributed by atoms with E-state index in [0.29, 0.717) is 23.3 Å². The first-order chi connectivity index (χ1) is 10.6. The number of ether oxygens (including phenoxy) is 1. The van der Waals surface area contributed by atoms with Crippen LogP contribution in [0.5, 0.6) is 17.2 Å². The molecule has 3 aromatic rings.